The molecule has 2 heterocycles. The summed E-state index contributed by atoms with van der Waals surface area (Å²) in [6.07, 6.45) is 8.68. The lowest BCUT2D eigenvalue weighted by Crippen LogP contribution is -2.42. The number of carbonyl (C=O) groups is 2. The first-order valence-corrected chi connectivity index (χ1v) is 13.3. The van der Waals surface area contributed by atoms with Crippen LogP contribution in [-0.2, 0) is 15.0 Å². The van der Waals surface area contributed by atoms with Crippen LogP contribution in [0.25, 0.3) is 0 Å². The van der Waals surface area contributed by atoms with Gasteiger partial charge in [-0.15, -0.1) is 0 Å². The van der Waals surface area contributed by atoms with E-state index in [1.165, 1.54) is 6.07 Å². The molecule has 0 aromatic heterocycles. The van der Waals surface area contributed by atoms with Gasteiger partial charge in [0.15, 0.2) is 0 Å². The molecule has 0 saturated heterocycles. The molecule has 1 fully saturated rings. The highest BCUT2D eigenvalue weighted by Crippen LogP contribution is 2.58. The quantitative estimate of drug-likeness (QED) is 0.336. The van der Waals surface area contributed by atoms with Crippen LogP contribution in [0.3, 0.4) is 0 Å². The van der Waals surface area contributed by atoms with Crippen molar-refractivity contribution in [2.75, 3.05) is 11.4 Å². The molecule has 38 heavy (non-hydrogen) atoms. The van der Waals surface area contributed by atoms with Crippen molar-refractivity contribution < 1.29 is 14.0 Å². The Morgan fingerprint density at radius 1 is 1.00 bits per heavy atom. The molecular weight excluding hydrogens is 477 g/mol. The summed E-state index contributed by atoms with van der Waals surface area (Å²) >= 11 is 0. The maximum atomic E-state index is 14.7. The molecule has 2 aromatic carbocycles. The summed E-state index contributed by atoms with van der Waals surface area (Å²) in [6.45, 7) is 7.73. The molecule has 2 aromatic rings. The predicted molar refractivity (Wildman–Crippen MR) is 146 cm³/mol. The van der Waals surface area contributed by atoms with Crippen molar-refractivity contribution in [3.05, 3.63) is 93.5 Å². The predicted octanol–water partition coefficient (Wildman–Crippen LogP) is 6.84. The van der Waals surface area contributed by atoms with E-state index >= 15 is 0 Å². The van der Waals surface area contributed by atoms with E-state index in [0.29, 0.717) is 11.1 Å². The molecule has 0 atom stereocenters. The number of para-hydroxylation sites is 1. The Morgan fingerprint density at radius 3 is 2.32 bits per heavy atom. The van der Waals surface area contributed by atoms with Crippen molar-refractivity contribution in [2.45, 2.75) is 65.2 Å². The van der Waals surface area contributed by atoms with Crippen molar-refractivity contribution in [1.29, 1.82) is 5.26 Å². The topological polar surface area (TPSA) is 64.4 Å². The number of hydrogen-bond donors (Lipinski definition) is 0. The van der Waals surface area contributed by atoms with E-state index in [4.69, 9.17) is 0 Å². The Bertz CT molecular complexity index is 1460. The van der Waals surface area contributed by atoms with Crippen LogP contribution in [0.4, 0.5) is 15.8 Å². The van der Waals surface area contributed by atoms with Gasteiger partial charge in [0, 0.05) is 23.2 Å². The highest BCUT2D eigenvalue weighted by Gasteiger charge is 2.48. The van der Waals surface area contributed by atoms with Gasteiger partial charge >= 0.3 is 0 Å². The smallest absolute Gasteiger partial charge is 0.271 e. The summed E-state index contributed by atoms with van der Waals surface area (Å²) in [5.74, 6) is -1.21. The van der Waals surface area contributed by atoms with Crippen LogP contribution in [0.15, 0.2) is 71.0 Å². The van der Waals surface area contributed by atoms with E-state index in [-0.39, 0.29) is 17.9 Å². The van der Waals surface area contributed by atoms with Crippen LogP contribution in [-0.4, -0.2) is 23.3 Å². The number of hydrogen-bond acceptors (Lipinski definition) is 4. The van der Waals surface area contributed by atoms with Crippen LogP contribution in [0, 0.1) is 31.0 Å². The number of anilines is 2. The second-order valence-electron chi connectivity index (χ2n) is 10.5. The lowest BCUT2D eigenvalue weighted by molar-refractivity contribution is -0.140. The fraction of sp³-hybridized carbons (Fsp3) is 0.344. The molecule has 0 radical (unpaired) electrons. The van der Waals surface area contributed by atoms with Gasteiger partial charge in [-0.3, -0.25) is 14.5 Å². The maximum Gasteiger partial charge on any atom is 0.271 e. The van der Waals surface area contributed by atoms with Crippen LogP contribution in [0.5, 0.6) is 0 Å². The van der Waals surface area contributed by atoms with Crippen molar-refractivity contribution in [2.24, 2.45) is 0 Å². The number of rotatable bonds is 3. The summed E-state index contributed by atoms with van der Waals surface area (Å²) in [5.41, 5.74) is 6.53. The molecule has 5 rings (SSSR count). The molecule has 0 N–H and O–H groups in total. The molecule has 194 valence electrons. The minimum absolute atomic E-state index is 0.00753. The Labute approximate surface area is 223 Å². The minimum Gasteiger partial charge on any atom is -0.312 e. The number of imide groups is 1. The van der Waals surface area contributed by atoms with Gasteiger partial charge < -0.3 is 4.90 Å². The maximum absolute atomic E-state index is 14.7. The Hall–Kier alpha value is -3.98. The molecule has 0 bridgehead atoms. The molecule has 3 aliphatic rings. The first kappa shape index (κ1) is 25.7. The Morgan fingerprint density at radius 2 is 1.68 bits per heavy atom. The fourth-order valence-corrected chi connectivity index (χ4v) is 6.49. The van der Waals surface area contributed by atoms with E-state index < -0.39 is 17.2 Å². The molecular formula is C32H32FN3O2. The van der Waals surface area contributed by atoms with Crippen LogP contribution >= 0.6 is 0 Å². The monoisotopic (exact) mass is 509 g/mol. The van der Waals surface area contributed by atoms with E-state index in [9.17, 15) is 19.2 Å². The first-order chi connectivity index (χ1) is 18.2. The molecule has 6 heteroatoms. The van der Waals surface area contributed by atoms with Crippen LogP contribution < -0.4 is 4.90 Å². The average molecular weight is 510 g/mol. The standard InChI is InChI=1S/C32H32FN3O2/c1-5-35-30(37)24(22(4)25(19-34)31(35)38)13-15-28-32(16-7-6-8-17-32)26-18-23(33)12-14-27(26)36(28)29-20(2)10-9-11-21(29)3/h9-15,18H,5-8,16-17H2,1-4H3/b24-13-,28-15+. The van der Waals surface area contributed by atoms with Crippen molar-refractivity contribution in [3.8, 4) is 6.07 Å². The second-order valence-corrected chi connectivity index (χ2v) is 10.5. The molecule has 2 aliphatic heterocycles. The van der Waals surface area contributed by atoms with Gasteiger partial charge in [0.25, 0.3) is 11.8 Å². The first-order valence-electron chi connectivity index (χ1n) is 13.3. The zero-order valence-electron chi connectivity index (χ0n) is 22.4. The fourth-order valence-electron chi connectivity index (χ4n) is 6.49. The number of nitriles is 1. The van der Waals surface area contributed by atoms with Crippen molar-refractivity contribution >= 4 is 23.2 Å². The van der Waals surface area contributed by atoms with E-state index in [1.807, 2.05) is 24.3 Å². The zero-order valence-corrected chi connectivity index (χ0v) is 22.4. The Kier molecular flexibility index (Phi) is 6.56. The molecule has 5 nitrogen and oxygen atoms in total. The number of benzene rings is 2. The third-order valence-corrected chi connectivity index (χ3v) is 8.37. The highest BCUT2D eigenvalue weighted by atomic mass is 19.1. The summed E-state index contributed by atoms with van der Waals surface area (Å²) in [5, 5.41) is 9.67. The Balaban J connectivity index is 1.79. The normalized spacial score (nSPS) is 21.1. The summed E-state index contributed by atoms with van der Waals surface area (Å²) in [7, 11) is 0. The van der Waals surface area contributed by atoms with Gasteiger partial charge in [-0.1, -0.05) is 37.5 Å². The van der Waals surface area contributed by atoms with Gasteiger partial charge in [-0.2, -0.15) is 5.26 Å². The SMILES string of the molecule is CCN1C(=O)C(C#N)=C(C)/C(=C/C=C2/N(c3c(C)cccc3C)c3ccc(F)cc3C23CCCCC3)C1=O. The van der Waals surface area contributed by atoms with Gasteiger partial charge in [0.2, 0.25) is 0 Å². The van der Waals surface area contributed by atoms with E-state index in [0.717, 1.165) is 70.8 Å². The van der Waals surface area contributed by atoms with Crippen LogP contribution in [0.2, 0.25) is 0 Å². The lowest BCUT2D eigenvalue weighted by Gasteiger charge is -2.37. The molecule has 1 saturated carbocycles. The molecule has 2 amide bonds. The summed E-state index contributed by atoms with van der Waals surface area (Å²) in [6, 6.07) is 13.2. The zero-order chi connectivity index (χ0) is 27.2. The second kappa shape index (κ2) is 9.72. The number of likely N-dealkylation sites (N-methyl/N-ethyl adjacent to an activating group) is 1. The third-order valence-electron chi connectivity index (χ3n) is 8.37. The number of amides is 2. The third kappa shape index (κ3) is 3.80. The highest BCUT2D eigenvalue weighted by molar-refractivity contribution is 6.18. The summed E-state index contributed by atoms with van der Waals surface area (Å²) in [4.78, 5) is 29.4. The molecule has 1 aliphatic carbocycles. The average Bonchev–Trinajstić information content (AvgIpc) is 3.13. The van der Waals surface area contributed by atoms with Gasteiger partial charge in [-0.25, -0.2) is 4.39 Å². The van der Waals surface area contributed by atoms with E-state index in [2.05, 4.69) is 30.9 Å². The molecule has 1 spiro atoms. The van der Waals surface area contributed by atoms with Gasteiger partial charge in [-0.05, 0) is 93.2 Å². The minimum atomic E-state index is -0.549. The number of aryl methyl sites for hydroxylation is 2. The number of allylic oxidation sites excluding steroid dienone is 3. The lowest BCUT2D eigenvalue weighted by atomic mass is 9.68. The van der Waals surface area contributed by atoms with E-state index in [1.54, 1.807) is 26.0 Å². The summed E-state index contributed by atoms with van der Waals surface area (Å²) < 4.78 is 14.7. The van der Waals surface area contributed by atoms with Gasteiger partial charge in [0.05, 0.1) is 11.4 Å². The molecule has 0 unspecified atom stereocenters. The number of halogens is 1. The van der Waals surface area contributed by atoms with Crippen LogP contribution in [0.1, 0.15) is 62.6 Å². The van der Waals surface area contributed by atoms with Crippen molar-refractivity contribution in [1.82, 2.24) is 4.90 Å². The van der Waals surface area contributed by atoms with Crippen molar-refractivity contribution in [3.63, 3.8) is 0 Å². The number of nitrogens with zero attached hydrogens (tertiary/aromatic N) is 3. The number of fused-ring (bicyclic) bond motifs is 2. The van der Waals surface area contributed by atoms with Gasteiger partial charge in [0.1, 0.15) is 17.5 Å². The number of carbonyl (C=O) groups excluding carboxylic acids is 2. The largest absolute Gasteiger partial charge is 0.312 e.